The summed E-state index contributed by atoms with van der Waals surface area (Å²) in [5.41, 5.74) is 0.590. The molecule has 3 rings (SSSR count). The van der Waals surface area contributed by atoms with Crippen molar-refractivity contribution in [3.63, 3.8) is 0 Å². The second kappa shape index (κ2) is 9.08. The second-order valence-electron chi connectivity index (χ2n) is 6.48. The fraction of sp³-hybridized carbons (Fsp3) is 0.190. The van der Waals surface area contributed by atoms with Crippen LogP contribution in [0.5, 0.6) is 11.5 Å². The largest absolute Gasteiger partial charge is 0.493 e. The van der Waals surface area contributed by atoms with E-state index in [0.717, 1.165) is 6.07 Å². The average Bonchev–Trinajstić information content (AvgIpc) is 2.73. The molecule has 2 N–H and O–H groups in total. The highest BCUT2D eigenvalue weighted by atomic mass is 16.6. The lowest BCUT2D eigenvalue weighted by molar-refractivity contribution is -0.385. The fourth-order valence-electron chi connectivity index (χ4n) is 2.97. The van der Waals surface area contributed by atoms with E-state index in [-0.39, 0.29) is 22.6 Å². The first-order chi connectivity index (χ1) is 14.8. The molecule has 0 aliphatic rings. The molecular formula is C21H20N4O6. The molecule has 0 saturated heterocycles. The van der Waals surface area contributed by atoms with E-state index in [1.165, 1.54) is 19.2 Å². The van der Waals surface area contributed by atoms with Gasteiger partial charge in [0, 0.05) is 29.1 Å². The number of carbonyl (C=O) groups excluding carboxylic acids is 1. The quantitative estimate of drug-likeness (QED) is 0.438. The highest BCUT2D eigenvalue weighted by Crippen LogP contribution is 2.35. The minimum absolute atomic E-state index is 0.154. The molecule has 160 valence electrons. The highest BCUT2D eigenvalue weighted by molar-refractivity contribution is 6.07. The number of hydrogen-bond acceptors (Lipinski definition) is 7. The van der Waals surface area contributed by atoms with Gasteiger partial charge in [0.05, 0.1) is 24.7 Å². The Morgan fingerprint density at radius 2 is 2.00 bits per heavy atom. The van der Waals surface area contributed by atoms with Gasteiger partial charge < -0.3 is 19.8 Å². The van der Waals surface area contributed by atoms with Crippen molar-refractivity contribution in [2.75, 3.05) is 19.0 Å². The summed E-state index contributed by atoms with van der Waals surface area (Å²) in [6.45, 7) is 3.73. The number of anilines is 1. The van der Waals surface area contributed by atoms with Crippen LogP contribution >= 0.6 is 0 Å². The van der Waals surface area contributed by atoms with Crippen LogP contribution < -0.4 is 20.3 Å². The summed E-state index contributed by atoms with van der Waals surface area (Å²) in [7, 11) is 1.36. The van der Waals surface area contributed by atoms with Gasteiger partial charge in [-0.25, -0.2) is 4.98 Å². The predicted molar refractivity (Wildman–Crippen MR) is 114 cm³/mol. The monoisotopic (exact) mass is 424 g/mol. The molecule has 0 fully saturated rings. The van der Waals surface area contributed by atoms with E-state index in [2.05, 4.69) is 15.3 Å². The van der Waals surface area contributed by atoms with Crippen LogP contribution in [0.25, 0.3) is 11.4 Å². The maximum atomic E-state index is 12.9. The second-order valence-corrected chi connectivity index (χ2v) is 6.48. The van der Waals surface area contributed by atoms with Crippen LogP contribution in [-0.2, 0) is 0 Å². The van der Waals surface area contributed by atoms with Crippen LogP contribution in [0.15, 0.2) is 47.3 Å². The average molecular weight is 424 g/mol. The van der Waals surface area contributed by atoms with Gasteiger partial charge in [-0.1, -0.05) is 12.1 Å². The van der Waals surface area contributed by atoms with E-state index < -0.39 is 16.5 Å². The Kier molecular flexibility index (Phi) is 6.29. The summed E-state index contributed by atoms with van der Waals surface area (Å²) in [6, 6.07) is 10.4. The molecule has 3 aromatic rings. The third-order valence-corrected chi connectivity index (χ3v) is 4.29. The summed E-state index contributed by atoms with van der Waals surface area (Å²) in [6.07, 6.45) is 0. The number of H-pyrrole nitrogens is 1. The Hall–Kier alpha value is -4.21. The van der Waals surface area contributed by atoms with Gasteiger partial charge in [-0.05, 0) is 26.0 Å². The van der Waals surface area contributed by atoms with Crippen LogP contribution in [0.1, 0.15) is 23.0 Å². The third kappa shape index (κ3) is 4.86. The molecule has 10 nitrogen and oxygen atoms in total. The number of aromatic amines is 1. The van der Waals surface area contributed by atoms with Gasteiger partial charge in [0.1, 0.15) is 11.4 Å². The molecule has 0 aliphatic heterocycles. The van der Waals surface area contributed by atoms with Gasteiger partial charge in [-0.2, -0.15) is 0 Å². The minimum atomic E-state index is -0.696. The molecular weight excluding hydrogens is 404 g/mol. The van der Waals surface area contributed by atoms with Gasteiger partial charge in [-0.15, -0.1) is 0 Å². The van der Waals surface area contributed by atoms with Crippen molar-refractivity contribution in [3.8, 4) is 22.9 Å². The molecule has 2 aromatic carbocycles. The van der Waals surface area contributed by atoms with E-state index in [1.54, 1.807) is 38.1 Å². The van der Waals surface area contributed by atoms with Crippen molar-refractivity contribution in [2.45, 2.75) is 13.8 Å². The molecule has 0 unspecified atom stereocenters. The lowest BCUT2D eigenvalue weighted by Gasteiger charge is -2.12. The van der Waals surface area contributed by atoms with E-state index in [9.17, 15) is 19.7 Å². The lowest BCUT2D eigenvalue weighted by Crippen LogP contribution is -2.15. The van der Waals surface area contributed by atoms with E-state index in [1.807, 2.05) is 0 Å². The summed E-state index contributed by atoms with van der Waals surface area (Å²) >= 11 is 0. The maximum absolute atomic E-state index is 12.9. The number of benzene rings is 2. The zero-order valence-corrected chi connectivity index (χ0v) is 17.1. The molecule has 0 spiro atoms. The van der Waals surface area contributed by atoms with Gasteiger partial charge in [0.15, 0.2) is 11.5 Å². The number of nitrogens with zero attached hydrogens (tertiary/aromatic N) is 2. The summed E-state index contributed by atoms with van der Waals surface area (Å²) in [5, 5.41) is 14.1. The van der Waals surface area contributed by atoms with Crippen molar-refractivity contribution in [2.24, 2.45) is 0 Å². The zero-order chi connectivity index (χ0) is 22.5. The number of nitro groups is 1. The molecule has 0 atom stereocenters. The first kappa shape index (κ1) is 21.5. The molecule has 1 heterocycles. The molecule has 10 heteroatoms. The van der Waals surface area contributed by atoms with E-state index in [4.69, 9.17) is 9.47 Å². The Balaban J connectivity index is 1.97. The molecule has 0 bridgehead atoms. The van der Waals surface area contributed by atoms with Gasteiger partial charge in [-0.3, -0.25) is 19.7 Å². The number of nitro benzene ring substituents is 1. The maximum Gasteiger partial charge on any atom is 0.286 e. The Bertz CT molecular complexity index is 1200. The molecule has 31 heavy (non-hydrogen) atoms. The number of hydrogen-bond donors (Lipinski definition) is 2. The van der Waals surface area contributed by atoms with E-state index in [0.29, 0.717) is 29.4 Å². The Morgan fingerprint density at radius 1 is 1.23 bits per heavy atom. The Labute approximate surface area is 177 Å². The third-order valence-electron chi connectivity index (χ3n) is 4.29. The number of rotatable bonds is 7. The van der Waals surface area contributed by atoms with Gasteiger partial charge >= 0.3 is 0 Å². The molecule has 0 saturated carbocycles. The summed E-state index contributed by atoms with van der Waals surface area (Å²) < 4.78 is 10.6. The lowest BCUT2D eigenvalue weighted by atomic mass is 10.1. The molecule has 0 radical (unpaired) electrons. The highest BCUT2D eigenvalue weighted by Gasteiger charge is 2.25. The SMILES string of the molecule is CCOc1cc(C(=O)Nc2cccc(-c3nc(C)cc(=O)[nH]3)c2)c([N+](=O)[O-])cc1OC. The molecule has 1 aromatic heterocycles. The number of aromatic nitrogens is 2. The van der Waals surface area contributed by atoms with Crippen LogP contribution in [0.2, 0.25) is 0 Å². The topological polar surface area (TPSA) is 136 Å². The predicted octanol–water partition coefficient (Wildman–Crippen LogP) is 3.31. The number of aryl methyl sites for hydroxylation is 1. The van der Waals surface area contributed by atoms with Gasteiger partial charge in [0.25, 0.3) is 17.2 Å². The minimum Gasteiger partial charge on any atom is -0.493 e. The molecule has 0 aliphatic carbocycles. The summed E-state index contributed by atoms with van der Waals surface area (Å²) in [5.74, 6) is 0.0194. The fourth-order valence-corrected chi connectivity index (χ4v) is 2.97. The number of methoxy groups -OCH3 is 1. The van der Waals surface area contributed by atoms with Crippen LogP contribution in [0, 0.1) is 17.0 Å². The number of amides is 1. The van der Waals surface area contributed by atoms with E-state index >= 15 is 0 Å². The van der Waals surface area contributed by atoms with Crippen LogP contribution in [0.4, 0.5) is 11.4 Å². The van der Waals surface area contributed by atoms with Crippen LogP contribution in [0.3, 0.4) is 0 Å². The number of carbonyl (C=O) groups is 1. The van der Waals surface area contributed by atoms with Crippen molar-refractivity contribution in [3.05, 3.63) is 74.2 Å². The number of ether oxygens (including phenoxy) is 2. The van der Waals surface area contributed by atoms with Crippen LogP contribution in [-0.4, -0.2) is 34.5 Å². The summed E-state index contributed by atoms with van der Waals surface area (Å²) in [4.78, 5) is 42.3. The van der Waals surface area contributed by atoms with Crippen molar-refractivity contribution in [1.29, 1.82) is 0 Å². The normalized spacial score (nSPS) is 10.4. The zero-order valence-electron chi connectivity index (χ0n) is 17.1. The first-order valence-corrected chi connectivity index (χ1v) is 9.31. The van der Waals surface area contributed by atoms with Crippen molar-refractivity contribution in [1.82, 2.24) is 9.97 Å². The number of nitrogens with one attached hydrogen (secondary N) is 2. The van der Waals surface area contributed by atoms with Crippen molar-refractivity contribution >= 4 is 17.3 Å². The first-order valence-electron chi connectivity index (χ1n) is 9.31. The van der Waals surface area contributed by atoms with Gasteiger partial charge in [0.2, 0.25) is 0 Å². The Morgan fingerprint density at radius 3 is 2.65 bits per heavy atom. The standard InChI is InChI=1S/C21H20N4O6/c1-4-31-18-10-15(16(25(28)29)11-17(18)30-3)21(27)23-14-7-5-6-13(9-14)20-22-12(2)8-19(26)24-20/h5-11H,4H2,1-3H3,(H,23,27)(H,22,24,26). The smallest absolute Gasteiger partial charge is 0.286 e. The molecule has 1 amide bonds. The van der Waals surface area contributed by atoms with Crippen molar-refractivity contribution < 1.29 is 19.2 Å².